The molecule has 2 aromatic rings. The molecular formula is C18H14N2O5. The number of nitrogens with zero attached hydrogens (tertiary/aromatic N) is 1. The topological polar surface area (TPSA) is 97.7 Å². The number of rotatable bonds is 4. The van der Waals surface area contributed by atoms with Gasteiger partial charge in [-0.15, -0.1) is 0 Å². The number of anilines is 1. The van der Waals surface area contributed by atoms with Crippen molar-refractivity contribution in [1.82, 2.24) is 0 Å². The Bertz CT molecular complexity index is 855. The number of carbonyl (C=O) groups is 2. The smallest absolute Gasteiger partial charge is 0.338 e. The summed E-state index contributed by atoms with van der Waals surface area (Å²) < 4.78 is 15.6. The molecule has 126 valence electrons. The normalized spacial score (nSPS) is 12.8. The molecule has 1 heterocycles. The molecule has 2 aromatic carbocycles. The van der Waals surface area contributed by atoms with Gasteiger partial charge in [0.1, 0.15) is 0 Å². The summed E-state index contributed by atoms with van der Waals surface area (Å²) in [5.41, 5.74) is 1.21. The fraction of sp³-hybridized carbons (Fsp3) is 0.167. The molecule has 1 aliphatic heterocycles. The van der Waals surface area contributed by atoms with Crippen molar-refractivity contribution in [3.63, 3.8) is 0 Å². The van der Waals surface area contributed by atoms with Crippen LogP contribution >= 0.6 is 0 Å². The van der Waals surface area contributed by atoms with Crippen molar-refractivity contribution >= 4 is 17.6 Å². The first-order valence-corrected chi connectivity index (χ1v) is 7.48. The van der Waals surface area contributed by atoms with Crippen LogP contribution in [0.5, 0.6) is 11.5 Å². The monoisotopic (exact) mass is 338 g/mol. The molecule has 3 rings (SSSR count). The largest absolute Gasteiger partial charge is 0.454 e. The molecule has 1 aliphatic rings. The molecule has 1 amide bonds. The zero-order chi connectivity index (χ0) is 17.8. The van der Waals surface area contributed by atoms with Crippen LogP contribution < -0.4 is 14.8 Å². The molecule has 7 nitrogen and oxygen atoms in total. The Morgan fingerprint density at radius 2 is 1.88 bits per heavy atom. The second kappa shape index (κ2) is 6.93. The van der Waals surface area contributed by atoms with Crippen LogP contribution in [0.4, 0.5) is 5.69 Å². The second-order valence-corrected chi connectivity index (χ2v) is 5.29. The maximum Gasteiger partial charge on any atom is 0.338 e. The minimum Gasteiger partial charge on any atom is -0.454 e. The Hall–Kier alpha value is -3.53. The van der Waals surface area contributed by atoms with Crippen LogP contribution in [0.3, 0.4) is 0 Å². The van der Waals surface area contributed by atoms with Gasteiger partial charge in [-0.2, -0.15) is 5.26 Å². The number of benzene rings is 2. The van der Waals surface area contributed by atoms with E-state index in [1.54, 1.807) is 18.2 Å². The average Bonchev–Trinajstić information content (AvgIpc) is 3.09. The average molecular weight is 338 g/mol. The summed E-state index contributed by atoms with van der Waals surface area (Å²) in [7, 11) is 0. The van der Waals surface area contributed by atoms with Gasteiger partial charge in [-0.05, 0) is 43.3 Å². The summed E-state index contributed by atoms with van der Waals surface area (Å²) in [5.74, 6) is 0.0389. The molecule has 7 heteroatoms. The molecule has 0 aromatic heterocycles. The molecule has 0 bridgehead atoms. The van der Waals surface area contributed by atoms with Gasteiger partial charge in [-0.3, -0.25) is 4.79 Å². The second-order valence-electron chi connectivity index (χ2n) is 5.29. The van der Waals surface area contributed by atoms with Crippen LogP contribution in [0.15, 0.2) is 42.5 Å². The summed E-state index contributed by atoms with van der Waals surface area (Å²) in [4.78, 5) is 24.2. The van der Waals surface area contributed by atoms with E-state index in [9.17, 15) is 9.59 Å². The number of carbonyl (C=O) groups excluding carboxylic acids is 2. The van der Waals surface area contributed by atoms with Crippen LogP contribution in [0, 0.1) is 11.3 Å². The summed E-state index contributed by atoms with van der Waals surface area (Å²) in [6.07, 6.45) is -0.992. The number of ether oxygens (including phenoxy) is 3. The van der Waals surface area contributed by atoms with Crippen LogP contribution in [-0.2, 0) is 9.53 Å². The number of nitrogens with one attached hydrogen (secondary N) is 1. The molecule has 0 saturated heterocycles. The molecule has 0 unspecified atom stereocenters. The van der Waals surface area contributed by atoms with Crippen molar-refractivity contribution in [3.05, 3.63) is 53.6 Å². The first-order valence-electron chi connectivity index (χ1n) is 7.48. The van der Waals surface area contributed by atoms with E-state index in [-0.39, 0.29) is 12.4 Å². The van der Waals surface area contributed by atoms with Gasteiger partial charge in [-0.1, -0.05) is 0 Å². The summed E-state index contributed by atoms with van der Waals surface area (Å²) >= 11 is 0. The van der Waals surface area contributed by atoms with E-state index in [4.69, 9.17) is 19.5 Å². The van der Waals surface area contributed by atoms with E-state index in [1.165, 1.54) is 31.2 Å². The van der Waals surface area contributed by atoms with Crippen LogP contribution in [0.2, 0.25) is 0 Å². The first kappa shape index (κ1) is 16.3. The fourth-order valence-electron chi connectivity index (χ4n) is 2.18. The minimum absolute atomic E-state index is 0.144. The number of amides is 1. The number of esters is 1. The van der Waals surface area contributed by atoms with Gasteiger partial charge in [0.15, 0.2) is 17.6 Å². The summed E-state index contributed by atoms with van der Waals surface area (Å²) in [6, 6.07) is 12.9. The van der Waals surface area contributed by atoms with Gasteiger partial charge in [-0.25, -0.2) is 4.79 Å². The Morgan fingerprint density at radius 1 is 1.16 bits per heavy atom. The van der Waals surface area contributed by atoms with Crippen molar-refractivity contribution < 1.29 is 23.8 Å². The highest BCUT2D eigenvalue weighted by atomic mass is 16.7. The van der Waals surface area contributed by atoms with Gasteiger partial charge in [0.2, 0.25) is 6.79 Å². The molecule has 25 heavy (non-hydrogen) atoms. The SMILES string of the molecule is C[C@@H](OC(=O)c1ccc(C#N)cc1)C(=O)Nc1ccc2c(c1)OCO2. The fourth-order valence-corrected chi connectivity index (χ4v) is 2.18. The highest BCUT2D eigenvalue weighted by molar-refractivity contribution is 5.97. The van der Waals surface area contributed by atoms with E-state index in [2.05, 4.69) is 5.32 Å². The third-order valence-corrected chi connectivity index (χ3v) is 3.54. The van der Waals surface area contributed by atoms with E-state index < -0.39 is 18.0 Å². The molecular weight excluding hydrogens is 324 g/mol. The molecule has 0 saturated carbocycles. The lowest BCUT2D eigenvalue weighted by Crippen LogP contribution is -2.30. The Kier molecular flexibility index (Phi) is 4.53. The quantitative estimate of drug-likeness (QED) is 0.860. The zero-order valence-electron chi connectivity index (χ0n) is 13.3. The molecule has 0 spiro atoms. The van der Waals surface area contributed by atoms with E-state index in [1.807, 2.05) is 6.07 Å². The number of fused-ring (bicyclic) bond motifs is 1. The third-order valence-electron chi connectivity index (χ3n) is 3.54. The number of nitriles is 1. The summed E-state index contributed by atoms with van der Waals surface area (Å²) in [5, 5.41) is 11.4. The molecule has 0 fully saturated rings. The van der Waals surface area contributed by atoms with Crippen molar-refractivity contribution in [2.24, 2.45) is 0 Å². The lowest BCUT2D eigenvalue weighted by atomic mass is 10.1. The Balaban J connectivity index is 1.60. The third kappa shape index (κ3) is 3.70. The maximum atomic E-state index is 12.2. The molecule has 1 atom stereocenters. The van der Waals surface area contributed by atoms with Crippen molar-refractivity contribution in [1.29, 1.82) is 5.26 Å². The standard InChI is InChI=1S/C18H14N2O5/c1-11(25-18(22)13-4-2-12(9-19)3-5-13)17(21)20-14-6-7-15-16(8-14)24-10-23-15/h2-8,11H,10H2,1H3,(H,20,21)/t11-/m1/s1. The number of hydrogen-bond donors (Lipinski definition) is 1. The molecule has 0 aliphatic carbocycles. The number of hydrogen-bond acceptors (Lipinski definition) is 6. The van der Waals surface area contributed by atoms with Gasteiger partial charge in [0.05, 0.1) is 17.2 Å². The lowest BCUT2D eigenvalue weighted by Gasteiger charge is -2.14. The van der Waals surface area contributed by atoms with Crippen molar-refractivity contribution in [2.45, 2.75) is 13.0 Å². The highest BCUT2D eigenvalue weighted by Crippen LogP contribution is 2.34. The van der Waals surface area contributed by atoms with Crippen molar-refractivity contribution in [2.75, 3.05) is 12.1 Å². The predicted octanol–water partition coefficient (Wildman–Crippen LogP) is 2.47. The van der Waals surface area contributed by atoms with Gasteiger partial charge in [0, 0.05) is 11.8 Å². The predicted molar refractivity (Wildman–Crippen MR) is 87.2 cm³/mol. The zero-order valence-corrected chi connectivity index (χ0v) is 13.3. The molecule has 1 N–H and O–H groups in total. The first-order chi connectivity index (χ1) is 12.1. The van der Waals surface area contributed by atoms with Crippen LogP contribution in [0.1, 0.15) is 22.8 Å². The Labute approximate surface area is 143 Å². The Morgan fingerprint density at radius 3 is 2.60 bits per heavy atom. The molecule has 0 radical (unpaired) electrons. The van der Waals surface area contributed by atoms with Crippen LogP contribution in [0.25, 0.3) is 0 Å². The van der Waals surface area contributed by atoms with Gasteiger partial charge in [0.25, 0.3) is 5.91 Å². The van der Waals surface area contributed by atoms with Crippen molar-refractivity contribution in [3.8, 4) is 17.6 Å². The van der Waals surface area contributed by atoms with Crippen LogP contribution in [-0.4, -0.2) is 24.8 Å². The minimum atomic E-state index is -0.992. The maximum absolute atomic E-state index is 12.2. The van der Waals surface area contributed by atoms with E-state index in [0.717, 1.165) is 0 Å². The van der Waals surface area contributed by atoms with E-state index in [0.29, 0.717) is 22.7 Å². The van der Waals surface area contributed by atoms with Gasteiger partial charge < -0.3 is 19.5 Å². The van der Waals surface area contributed by atoms with Gasteiger partial charge >= 0.3 is 5.97 Å². The lowest BCUT2D eigenvalue weighted by molar-refractivity contribution is -0.123. The van der Waals surface area contributed by atoms with E-state index >= 15 is 0 Å². The summed E-state index contributed by atoms with van der Waals surface area (Å²) in [6.45, 7) is 1.62. The highest BCUT2D eigenvalue weighted by Gasteiger charge is 2.20.